The summed E-state index contributed by atoms with van der Waals surface area (Å²) in [5, 5.41) is 3.95. The summed E-state index contributed by atoms with van der Waals surface area (Å²) < 4.78 is 10.8. The van der Waals surface area contributed by atoms with Gasteiger partial charge in [-0.15, -0.1) is 0 Å². The van der Waals surface area contributed by atoms with E-state index < -0.39 is 5.91 Å². The highest BCUT2D eigenvalue weighted by molar-refractivity contribution is 5.94. The molecule has 7 heteroatoms. The van der Waals surface area contributed by atoms with Crippen LogP contribution >= 0.6 is 0 Å². The van der Waals surface area contributed by atoms with Crippen LogP contribution in [0.15, 0.2) is 47.6 Å². The lowest BCUT2D eigenvalue weighted by Gasteiger charge is -2.11. The Morgan fingerprint density at radius 3 is 2.50 bits per heavy atom. The van der Waals surface area contributed by atoms with Gasteiger partial charge in [-0.05, 0) is 49.7 Å². The van der Waals surface area contributed by atoms with Crippen molar-refractivity contribution >= 4 is 18.0 Å². The number of carbonyl (C=O) groups excluding carboxylic acids is 2. The average molecular weight is 355 g/mol. The molecule has 7 nitrogen and oxygen atoms in total. The lowest BCUT2D eigenvalue weighted by atomic mass is 10.1. The van der Waals surface area contributed by atoms with E-state index in [1.807, 2.05) is 26.0 Å². The molecule has 136 valence electrons. The van der Waals surface area contributed by atoms with Gasteiger partial charge in [-0.25, -0.2) is 5.43 Å². The topological polar surface area (TPSA) is 103 Å². The van der Waals surface area contributed by atoms with Crippen LogP contribution in [0.3, 0.4) is 0 Å². The Hall–Kier alpha value is -3.35. The molecule has 0 heterocycles. The first-order chi connectivity index (χ1) is 12.5. The van der Waals surface area contributed by atoms with Crippen LogP contribution in [0, 0.1) is 6.92 Å². The fourth-order valence-corrected chi connectivity index (χ4v) is 2.08. The van der Waals surface area contributed by atoms with Crippen molar-refractivity contribution in [2.75, 3.05) is 13.2 Å². The van der Waals surface area contributed by atoms with E-state index in [1.54, 1.807) is 30.3 Å². The molecule has 0 saturated heterocycles. The molecule has 26 heavy (non-hydrogen) atoms. The summed E-state index contributed by atoms with van der Waals surface area (Å²) in [4.78, 5) is 22.8. The number of benzene rings is 2. The lowest BCUT2D eigenvalue weighted by Crippen LogP contribution is -2.20. The van der Waals surface area contributed by atoms with E-state index in [9.17, 15) is 9.59 Å². The van der Waals surface area contributed by atoms with Crippen molar-refractivity contribution in [3.05, 3.63) is 59.2 Å². The highest BCUT2D eigenvalue weighted by atomic mass is 16.5. The molecule has 0 bridgehead atoms. The molecule has 2 aromatic rings. The number of hydrogen-bond acceptors (Lipinski definition) is 5. The Balaban J connectivity index is 2.04. The molecule has 0 spiro atoms. The molecular weight excluding hydrogens is 334 g/mol. The number of primary amides is 1. The summed E-state index contributed by atoms with van der Waals surface area (Å²) >= 11 is 0. The van der Waals surface area contributed by atoms with Gasteiger partial charge < -0.3 is 15.2 Å². The molecule has 0 fully saturated rings. The number of nitrogens with two attached hydrogens (primary N) is 1. The molecule has 2 aromatic carbocycles. The zero-order valence-electron chi connectivity index (χ0n) is 14.7. The van der Waals surface area contributed by atoms with E-state index in [-0.39, 0.29) is 12.5 Å². The first kappa shape index (κ1) is 19.0. The molecule has 0 saturated carbocycles. The molecule has 0 aliphatic carbocycles. The van der Waals surface area contributed by atoms with Crippen molar-refractivity contribution in [3.8, 4) is 11.5 Å². The molecule has 0 aliphatic rings. The van der Waals surface area contributed by atoms with Gasteiger partial charge in [0.05, 0.1) is 12.8 Å². The van der Waals surface area contributed by atoms with Gasteiger partial charge in [-0.2, -0.15) is 5.10 Å². The Labute approximate surface area is 151 Å². The molecule has 0 radical (unpaired) electrons. The Morgan fingerprint density at radius 2 is 1.85 bits per heavy atom. The molecule has 0 aliphatic heterocycles. The number of amides is 2. The zero-order chi connectivity index (χ0) is 18.9. The quantitative estimate of drug-likeness (QED) is 0.558. The van der Waals surface area contributed by atoms with E-state index in [1.165, 1.54) is 6.21 Å². The van der Waals surface area contributed by atoms with Crippen molar-refractivity contribution in [2.24, 2.45) is 10.8 Å². The van der Waals surface area contributed by atoms with Crippen molar-refractivity contribution in [2.45, 2.75) is 13.8 Å². The van der Waals surface area contributed by atoms with Gasteiger partial charge >= 0.3 is 0 Å². The van der Waals surface area contributed by atoms with Gasteiger partial charge in [0.25, 0.3) is 11.8 Å². The number of ether oxygens (including phenoxy) is 2. The molecule has 3 N–H and O–H groups in total. The Kier molecular flexibility index (Phi) is 6.73. The molecule has 0 unspecified atom stereocenters. The third kappa shape index (κ3) is 5.62. The minimum absolute atomic E-state index is 0.236. The standard InChI is InChI=1S/C19H21N3O4/c1-3-25-17-10-14(6-9-16(17)26-12-18(20)23)11-21-22-19(24)15-7-4-13(2)5-8-15/h4-11H,3,12H2,1-2H3,(H2,20,23)(H,22,24)/b21-11+. The van der Waals surface area contributed by atoms with Crippen molar-refractivity contribution < 1.29 is 19.1 Å². The zero-order valence-corrected chi connectivity index (χ0v) is 14.7. The highest BCUT2D eigenvalue weighted by Crippen LogP contribution is 2.28. The second-order valence-corrected chi connectivity index (χ2v) is 5.46. The normalized spacial score (nSPS) is 10.5. The largest absolute Gasteiger partial charge is 0.490 e. The van der Waals surface area contributed by atoms with Gasteiger partial charge in [-0.3, -0.25) is 9.59 Å². The summed E-state index contributed by atoms with van der Waals surface area (Å²) in [5.41, 5.74) is 9.85. The third-order valence-electron chi connectivity index (χ3n) is 3.33. The van der Waals surface area contributed by atoms with E-state index in [0.29, 0.717) is 29.2 Å². The molecule has 0 atom stereocenters. The SMILES string of the molecule is CCOc1cc(/C=N/NC(=O)c2ccc(C)cc2)ccc1OCC(N)=O. The smallest absolute Gasteiger partial charge is 0.271 e. The predicted octanol–water partition coefficient (Wildman–Crippen LogP) is 2.02. The monoisotopic (exact) mass is 355 g/mol. The number of hydrazone groups is 1. The van der Waals surface area contributed by atoms with Crippen molar-refractivity contribution in [1.82, 2.24) is 5.43 Å². The van der Waals surface area contributed by atoms with Gasteiger partial charge in [0, 0.05) is 5.56 Å². The van der Waals surface area contributed by atoms with Crippen LogP contribution in [0.1, 0.15) is 28.4 Å². The summed E-state index contributed by atoms with van der Waals surface area (Å²) in [7, 11) is 0. The number of nitrogens with one attached hydrogen (secondary N) is 1. The van der Waals surface area contributed by atoms with Crippen molar-refractivity contribution in [3.63, 3.8) is 0 Å². The van der Waals surface area contributed by atoms with E-state index in [2.05, 4.69) is 10.5 Å². The van der Waals surface area contributed by atoms with E-state index >= 15 is 0 Å². The lowest BCUT2D eigenvalue weighted by molar-refractivity contribution is -0.119. The summed E-state index contributed by atoms with van der Waals surface area (Å²) in [6.45, 7) is 3.98. The van der Waals surface area contributed by atoms with Crippen molar-refractivity contribution in [1.29, 1.82) is 0 Å². The van der Waals surface area contributed by atoms with Gasteiger partial charge in [-0.1, -0.05) is 17.7 Å². The first-order valence-electron chi connectivity index (χ1n) is 8.07. The van der Waals surface area contributed by atoms with Crippen LogP contribution in [0.25, 0.3) is 0 Å². The van der Waals surface area contributed by atoms with E-state index in [4.69, 9.17) is 15.2 Å². The highest BCUT2D eigenvalue weighted by Gasteiger charge is 2.08. The summed E-state index contributed by atoms with van der Waals surface area (Å²) in [6.07, 6.45) is 1.49. The number of aryl methyl sites for hydroxylation is 1. The maximum atomic E-state index is 12.0. The second-order valence-electron chi connectivity index (χ2n) is 5.46. The van der Waals surface area contributed by atoms with Crippen LogP contribution in [0.4, 0.5) is 0 Å². The second kappa shape index (κ2) is 9.22. The maximum Gasteiger partial charge on any atom is 0.271 e. The minimum atomic E-state index is -0.572. The predicted molar refractivity (Wildman–Crippen MR) is 98.5 cm³/mol. The number of nitrogens with zero attached hydrogens (tertiary/aromatic N) is 1. The molecule has 2 rings (SSSR count). The number of rotatable bonds is 8. The Morgan fingerprint density at radius 1 is 1.12 bits per heavy atom. The van der Waals surface area contributed by atoms with Crippen LogP contribution in [-0.2, 0) is 4.79 Å². The van der Waals surface area contributed by atoms with E-state index in [0.717, 1.165) is 5.56 Å². The third-order valence-corrected chi connectivity index (χ3v) is 3.33. The molecular formula is C19H21N3O4. The van der Waals surface area contributed by atoms with Crippen LogP contribution in [-0.4, -0.2) is 31.2 Å². The van der Waals surface area contributed by atoms with Crippen LogP contribution in [0.2, 0.25) is 0 Å². The molecule has 0 aromatic heterocycles. The first-order valence-corrected chi connectivity index (χ1v) is 8.07. The average Bonchev–Trinajstić information content (AvgIpc) is 2.61. The fourth-order valence-electron chi connectivity index (χ4n) is 2.08. The van der Waals surface area contributed by atoms with Gasteiger partial charge in [0.2, 0.25) is 0 Å². The van der Waals surface area contributed by atoms with Gasteiger partial charge in [0.1, 0.15) is 0 Å². The minimum Gasteiger partial charge on any atom is -0.490 e. The fraction of sp³-hybridized carbons (Fsp3) is 0.211. The number of carbonyl (C=O) groups is 2. The van der Waals surface area contributed by atoms with Gasteiger partial charge in [0.15, 0.2) is 18.1 Å². The Bertz CT molecular complexity index is 801. The summed E-state index contributed by atoms with van der Waals surface area (Å²) in [6, 6.07) is 12.3. The summed E-state index contributed by atoms with van der Waals surface area (Å²) in [5.74, 6) is -0.00125. The maximum absolute atomic E-state index is 12.0. The van der Waals surface area contributed by atoms with Crippen LogP contribution in [0.5, 0.6) is 11.5 Å². The van der Waals surface area contributed by atoms with Crippen LogP contribution < -0.4 is 20.6 Å². The molecule has 2 amide bonds. The number of hydrogen-bond donors (Lipinski definition) is 2.